The smallest absolute Gasteiger partial charge is 0.277 e. The minimum absolute atomic E-state index is 0.230. The molecule has 1 aromatic carbocycles. The molecule has 0 radical (unpaired) electrons. The largest absolute Gasteiger partial charge is 0.467 e. The van der Waals surface area contributed by atoms with Crippen molar-refractivity contribution < 1.29 is 13.6 Å². The molecule has 1 aliphatic rings. The lowest BCUT2D eigenvalue weighted by atomic mass is 10.2. The first kappa shape index (κ1) is 16.6. The fraction of sp³-hybridized carbons (Fsp3) is 0.0526. The first-order valence-corrected chi connectivity index (χ1v) is 8.61. The molecule has 1 saturated heterocycles. The fourth-order valence-electron chi connectivity index (χ4n) is 2.64. The van der Waals surface area contributed by atoms with E-state index in [0.717, 1.165) is 5.56 Å². The first-order chi connectivity index (χ1) is 12.6. The van der Waals surface area contributed by atoms with Crippen LogP contribution in [-0.2, 0) is 11.3 Å². The van der Waals surface area contributed by atoms with Gasteiger partial charge in [-0.1, -0.05) is 23.7 Å². The summed E-state index contributed by atoms with van der Waals surface area (Å²) in [5.74, 6) is 1.63. The summed E-state index contributed by atoms with van der Waals surface area (Å²) in [7, 11) is 0. The zero-order valence-electron chi connectivity index (χ0n) is 13.4. The molecule has 2 aromatic heterocycles. The van der Waals surface area contributed by atoms with Crippen molar-refractivity contribution in [3.8, 4) is 11.3 Å². The van der Waals surface area contributed by atoms with Gasteiger partial charge in [0.15, 0.2) is 5.11 Å². The SMILES string of the molecule is O=C1/C(=C\c2ccc(-c3cccc(Cl)c3)o2)NC(=S)N1Cc1ccco1. The molecule has 130 valence electrons. The van der Waals surface area contributed by atoms with Crippen LogP contribution in [0.15, 0.2) is 69.3 Å². The Bertz CT molecular complexity index is 1010. The lowest BCUT2D eigenvalue weighted by molar-refractivity contribution is -0.122. The number of amides is 1. The molecular formula is C19H13ClN2O3S. The highest BCUT2D eigenvalue weighted by molar-refractivity contribution is 7.80. The molecule has 0 aliphatic carbocycles. The van der Waals surface area contributed by atoms with E-state index < -0.39 is 0 Å². The van der Waals surface area contributed by atoms with E-state index in [2.05, 4.69) is 5.32 Å². The molecule has 3 aromatic rings. The average Bonchev–Trinajstić information content (AvgIpc) is 3.34. The highest BCUT2D eigenvalue weighted by Crippen LogP contribution is 2.26. The van der Waals surface area contributed by atoms with Crippen molar-refractivity contribution in [1.29, 1.82) is 0 Å². The Morgan fingerprint density at radius 1 is 1.19 bits per heavy atom. The summed E-state index contributed by atoms with van der Waals surface area (Å²) in [6.07, 6.45) is 3.19. The second kappa shape index (κ2) is 6.82. The molecule has 3 heterocycles. The molecule has 0 bridgehead atoms. The summed E-state index contributed by atoms with van der Waals surface area (Å²) in [6, 6.07) is 14.5. The number of halogens is 1. The first-order valence-electron chi connectivity index (χ1n) is 7.83. The van der Waals surface area contributed by atoms with Crippen LogP contribution in [0.25, 0.3) is 17.4 Å². The van der Waals surface area contributed by atoms with Crippen LogP contribution < -0.4 is 5.32 Å². The Morgan fingerprint density at radius 3 is 2.85 bits per heavy atom. The number of carbonyl (C=O) groups is 1. The summed E-state index contributed by atoms with van der Waals surface area (Å²) >= 11 is 11.3. The normalized spacial score (nSPS) is 15.7. The van der Waals surface area contributed by atoms with Crippen LogP contribution in [0.4, 0.5) is 0 Å². The van der Waals surface area contributed by atoms with Crippen molar-refractivity contribution in [3.63, 3.8) is 0 Å². The molecule has 1 fully saturated rings. The Hall–Kier alpha value is -2.83. The summed E-state index contributed by atoms with van der Waals surface area (Å²) in [4.78, 5) is 14.0. The molecular weight excluding hydrogens is 372 g/mol. The van der Waals surface area contributed by atoms with Gasteiger partial charge >= 0.3 is 0 Å². The molecule has 0 unspecified atom stereocenters. The third-order valence-corrected chi connectivity index (χ3v) is 4.44. The topological polar surface area (TPSA) is 58.6 Å². The van der Waals surface area contributed by atoms with E-state index in [4.69, 9.17) is 32.7 Å². The van der Waals surface area contributed by atoms with Gasteiger partial charge in [0.05, 0.1) is 12.8 Å². The van der Waals surface area contributed by atoms with Gasteiger partial charge in [0.25, 0.3) is 5.91 Å². The third kappa shape index (κ3) is 3.29. The number of benzene rings is 1. The number of carbonyl (C=O) groups excluding carboxylic acids is 1. The lowest BCUT2D eigenvalue weighted by Gasteiger charge is -2.11. The van der Waals surface area contributed by atoms with Crippen LogP contribution in [0.2, 0.25) is 5.02 Å². The van der Waals surface area contributed by atoms with Gasteiger partial charge < -0.3 is 14.2 Å². The van der Waals surface area contributed by atoms with Crippen LogP contribution in [0.5, 0.6) is 0 Å². The van der Waals surface area contributed by atoms with E-state index in [9.17, 15) is 4.79 Å². The van der Waals surface area contributed by atoms with E-state index >= 15 is 0 Å². The fourth-order valence-corrected chi connectivity index (χ4v) is 3.09. The summed E-state index contributed by atoms with van der Waals surface area (Å²) < 4.78 is 11.1. The highest BCUT2D eigenvalue weighted by atomic mass is 35.5. The molecule has 0 atom stereocenters. The molecule has 0 saturated carbocycles. The number of hydrogen-bond donors (Lipinski definition) is 1. The molecule has 7 heteroatoms. The van der Waals surface area contributed by atoms with Crippen molar-refractivity contribution in [1.82, 2.24) is 10.2 Å². The number of hydrogen-bond acceptors (Lipinski definition) is 4. The van der Waals surface area contributed by atoms with Gasteiger partial charge in [-0.2, -0.15) is 0 Å². The molecule has 0 spiro atoms. The second-order valence-corrected chi connectivity index (χ2v) is 6.49. The summed E-state index contributed by atoms with van der Waals surface area (Å²) in [6.45, 7) is 0.279. The zero-order chi connectivity index (χ0) is 18.1. The van der Waals surface area contributed by atoms with E-state index in [0.29, 0.717) is 33.1 Å². The minimum Gasteiger partial charge on any atom is -0.467 e. The summed E-state index contributed by atoms with van der Waals surface area (Å²) in [5, 5.41) is 3.88. The number of rotatable bonds is 4. The van der Waals surface area contributed by atoms with Gasteiger partial charge in [-0.25, -0.2) is 0 Å². The molecule has 5 nitrogen and oxygen atoms in total. The van der Waals surface area contributed by atoms with E-state index in [1.54, 1.807) is 36.6 Å². The minimum atomic E-state index is -0.230. The number of furan rings is 2. The number of thiocarbonyl (C=S) groups is 1. The van der Waals surface area contributed by atoms with Crippen LogP contribution in [0, 0.1) is 0 Å². The average molecular weight is 385 g/mol. The molecule has 4 rings (SSSR count). The maximum atomic E-state index is 12.6. The Labute approximate surface area is 159 Å². The van der Waals surface area contributed by atoms with Crippen molar-refractivity contribution in [2.24, 2.45) is 0 Å². The Kier molecular flexibility index (Phi) is 4.36. The van der Waals surface area contributed by atoms with Gasteiger partial charge in [0.1, 0.15) is 23.0 Å². The zero-order valence-corrected chi connectivity index (χ0v) is 15.0. The van der Waals surface area contributed by atoms with Crippen molar-refractivity contribution in [3.05, 3.63) is 77.0 Å². The molecule has 1 aliphatic heterocycles. The predicted molar refractivity (Wildman–Crippen MR) is 102 cm³/mol. The van der Waals surface area contributed by atoms with Gasteiger partial charge in [-0.3, -0.25) is 9.69 Å². The van der Waals surface area contributed by atoms with Crippen molar-refractivity contribution >= 4 is 40.9 Å². The van der Waals surface area contributed by atoms with Crippen molar-refractivity contribution in [2.45, 2.75) is 6.54 Å². The molecule has 26 heavy (non-hydrogen) atoms. The predicted octanol–water partition coefficient (Wildman–Crippen LogP) is 4.45. The van der Waals surface area contributed by atoms with Crippen molar-refractivity contribution in [2.75, 3.05) is 0 Å². The Balaban J connectivity index is 1.55. The van der Waals surface area contributed by atoms with E-state index in [1.165, 1.54) is 4.90 Å². The maximum absolute atomic E-state index is 12.6. The second-order valence-electron chi connectivity index (χ2n) is 5.67. The number of nitrogens with zero attached hydrogens (tertiary/aromatic N) is 1. The van der Waals surface area contributed by atoms with Crippen LogP contribution in [0.3, 0.4) is 0 Å². The number of nitrogens with one attached hydrogen (secondary N) is 1. The monoisotopic (exact) mass is 384 g/mol. The van der Waals surface area contributed by atoms with Crippen LogP contribution >= 0.6 is 23.8 Å². The Morgan fingerprint density at radius 2 is 2.08 bits per heavy atom. The third-order valence-electron chi connectivity index (χ3n) is 3.88. The highest BCUT2D eigenvalue weighted by Gasteiger charge is 2.31. The van der Waals surface area contributed by atoms with Gasteiger partial charge in [-0.05, 0) is 48.6 Å². The van der Waals surface area contributed by atoms with E-state index in [1.807, 2.05) is 24.3 Å². The van der Waals surface area contributed by atoms with Gasteiger partial charge in [0.2, 0.25) is 0 Å². The maximum Gasteiger partial charge on any atom is 0.277 e. The molecule has 1 amide bonds. The molecule has 1 N–H and O–H groups in total. The van der Waals surface area contributed by atoms with E-state index in [-0.39, 0.29) is 12.5 Å². The van der Waals surface area contributed by atoms with Crippen LogP contribution in [-0.4, -0.2) is 15.9 Å². The standard InChI is InChI=1S/C19H13ClN2O3S/c20-13-4-1-3-12(9-13)17-7-6-14(25-17)10-16-18(23)22(19(26)21-16)11-15-5-2-8-24-15/h1-10H,11H2,(H,21,26)/b16-10+. The quantitative estimate of drug-likeness (QED) is 0.532. The summed E-state index contributed by atoms with van der Waals surface area (Å²) in [5.41, 5.74) is 1.22. The van der Waals surface area contributed by atoms with Crippen LogP contribution in [0.1, 0.15) is 11.5 Å². The van der Waals surface area contributed by atoms with Gasteiger partial charge in [-0.15, -0.1) is 0 Å². The lowest BCUT2D eigenvalue weighted by Crippen LogP contribution is -2.29. The van der Waals surface area contributed by atoms with Gasteiger partial charge in [0, 0.05) is 16.7 Å².